The van der Waals surface area contributed by atoms with E-state index in [2.05, 4.69) is 19.2 Å². The van der Waals surface area contributed by atoms with Gasteiger partial charge in [0.2, 0.25) is 0 Å². The molecule has 1 aliphatic rings. The molecule has 0 amide bonds. The number of halogens is 1. The number of hydrogen-bond acceptors (Lipinski definition) is 5. The second-order valence-electron chi connectivity index (χ2n) is 7.13. The number of nitrogens with zero attached hydrogens (tertiary/aromatic N) is 1. The fraction of sp³-hybridized carbons (Fsp3) is 0.364. The maximum absolute atomic E-state index is 13.4. The zero-order valence-corrected chi connectivity index (χ0v) is 17.8. The third-order valence-corrected chi connectivity index (χ3v) is 5.81. The summed E-state index contributed by atoms with van der Waals surface area (Å²) in [5, 5.41) is 11.3. The van der Waals surface area contributed by atoms with Crippen LogP contribution in [0.2, 0.25) is 0 Å². The van der Waals surface area contributed by atoms with Crippen molar-refractivity contribution in [2.24, 2.45) is 4.99 Å². The number of hydrogen-bond donors (Lipinski definition) is 2. The maximum Gasteiger partial charge on any atom is 0.290 e. The Balaban J connectivity index is 0.000000941. The van der Waals surface area contributed by atoms with E-state index in [9.17, 15) is 4.39 Å². The van der Waals surface area contributed by atoms with Gasteiger partial charge in [0.1, 0.15) is 23.2 Å². The number of ether oxygens (including phenoxy) is 1. The summed E-state index contributed by atoms with van der Waals surface area (Å²) in [5.41, 5.74) is 3.02. The highest BCUT2D eigenvalue weighted by Crippen LogP contribution is 2.31. The third-order valence-electron chi connectivity index (χ3n) is 4.51. The second kappa shape index (κ2) is 10.9. The van der Waals surface area contributed by atoms with Gasteiger partial charge in [0, 0.05) is 18.0 Å². The number of aryl methyl sites for hydroxylation is 2. The van der Waals surface area contributed by atoms with Gasteiger partial charge in [0.05, 0.1) is 5.54 Å². The first kappa shape index (κ1) is 22.7. The number of rotatable bonds is 7. The molecule has 7 heteroatoms. The van der Waals surface area contributed by atoms with Crippen LogP contribution in [-0.4, -0.2) is 41.1 Å². The van der Waals surface area contributed by atoms with Crippen LogP contribution in [-0.2, 0) is 4.79 Å². The van der Waals surface area contributed by atoms with Gasteiger partial charge in [-0.05, 0) is 57.0 Å². The van der Waals surface area contributed by atoms with Crippen molar-refractivity contribution in [2.45, 2.75) is 32.7 Å². The average molecular weight is 419 g/mol. The van der Waals surface area contributed by atoms with Crippen LogP contribution in [0.1, 0.15) is 24.5 Å². The number of benzene rings is 2. The van der Waals surface area contributed by atoms with Crippen molar-refractivity contribution in [1.29, 1.82) is 0 Å². The zero-order chi connectivity index (χ0) is 21.3. The molecule has 0 fully saturated rings. The van der Waals surface area contributed by atoms with Gasteiger partial charge in [0.25, 0.3) is 6.47 Å². The van der Waals surface area contributed by atoms with E-state index in [0.717, 1.165) is 40.8 Å². The molecule has 0 bridgehead atoms. The highest BCUT2D eigenvalue weighted by atomic mass is 32.2. The molecule has 2 N–H and O–H groups in total. The number of thioether (sulfide) groups is 1. The number of carboxylic acid groups (broad SMARTS) is 1. The van der Waals surface area contributed by atoms with Crippen LogP contribution in [0.5, 0.6) is 5.75 Å². The van der Waals surface area contributed by atoms with Crippen LogP contribution in [0.4, 0.5) is 10.1 Å². The van der Waals surface area contributed by atoms with Crippen molar-refractivity contribution in [3.8, 4) is 5.75 Å². The molecular weight excluding hydrogens is 391 g/mol. The molecule has 3 rings (SSSR count). The number of nitrogens with one attached hydrogen (secondary N) is 1. The molecule has 29 heavy (non-hydrogen) atoms. The zero-order valence-electron chi connectivity index (χ0n) is 16.9. The molecule has 0 aliphatic carbocycles. The minimum Gasteiger partial charge on any atom is -0.487 e. The minimum absolute atomic E-state index is 0.106. The number of aliphatic imine (C=N–C) groups is 1. The van der Waals surface area contributed by atoms with E-state index in [0.29, 0.717) is 6.61 Å². The van der Waals surface area contributed by atoms with E-state index in [1.807, 2.05) is 31.2 Å². The lowest BCUT2D eigenvalue weighted by atomic mass is 10.0. The third kappa shape index (κ3) is 7.42. The Hall–Kier alpha value is -2.54. The van der Waals surface area contributed by atoms with E-state index in [1.165, 1.54) is 11.6 Å². The summed E-state index contributed by atoms with van der Waals surface area (Å²) in [6.45, 7) is 7.23. The lowest BCUT2D eigenvalue weighted by Crippen LogP contribution is -2.26. The quantitative estimate of drug-likeness (QED) is 0.624. The summed E-state index contributed by atoms with van der Waals surface area (Å²) in [6, 6.07) is 12.9. The summed E-state index contributed by atoms with van der Waals surface area (Å²) in [4.78, 5) is 13.2. The van der Waals surface area contributed by atoms with Crippen molar-refractivity contribution >= 4 is 29.0 Å². The Morgan fingerprint density at radius 1 is 1.28 bits per heavy atom. The Bertz CT molecular complexity index is 842. The smallest absolute Gasteiger partial charge is 0.290 e. The van der Waals surface area contributed by atoms with Crippen LogP contribution in [0.25, 0.3) is 0 Å². The summed E-state index contributed by atoms with van der Waals surface area (Å²) in [5.74, 6) is 1.61. The van der Waals surface area contributed by atoms with E-state index in [4.69, 9.17) is 19.6 Å². The van der Waals surface area contributed by atoms with Gasteiger partial charge in [-0.3, -0.25) is 9.79 Å². The molecule has 0 saturated carbocycles. The van der Waals surface area contributed by atoms with Gasteiger partial charge >= 0.3 is 0 Å². The number of carbonyl (C=O) groups is 1. The van der Waals surface area contributed by atoms with E-state index >= 15 is 0 Å². The van der Waals surface area contributed by atoms with Crippen LogP contribution >= 0.6 is 11.8 Å². The summed E-state index contributed by atoms with van der Waals surface area (Å²) in [7, 11) is 0. The van der Waals surface area contributed by atoms with Crippen molar-refractivity contribution in [3.63, 3.8) is 0 Å². The molecule has 0 saturated heterocycles. The van der Waals surface area contributed by atoms with Gasteiger partial charge in [-0.25, -0.2) is 4.39 Å². The van der Waals surface area contributed by atoms with Gasteiger partial charge in [-0.2, -0.15) is 0 Å². The fourth-order valence-corrected chi connectivity index (χ4v) is 3.95. The molecular formula is C22H27FN2O3S. The van der Waals surface area contributed by atoms with E-state index in [-0.39, 0.29) is 17.8 Å². The van der Waals surface area contributed by atoms with E-state index < -0.39 is 0 Å². The average Bonchev–Trinajstić information content (AvgIpc) is 3.06. The first-order valence-corrected chi connectivity index (χ1v) is 10.3. The Labute approximate surface area is 175 Å². The fourth-order valence-electron chi connectivity index (χ4n) is 2.84. The monoisotopic (exact) mass is 418 g/mol. The molecule has 1 aliphatic heterocycles. The summed E-state index contributed by atoms with van der Waals surface area (Å²) in [6.07, 6.45) is 0.893. The second-order valence-corrected chi connectivity index (χ2v) is 8.18. The first-order chi connectivity index (χ1) is 13.8. The molecule has 0 spiro atoms. The molecule has 1 atom stereocenters. The topological polar surface area (TPSA) is 70.9 Å². The Kier molecular flexibility index (Phi) is 8.51. The lowest BCUT2D eigenvalue weighted by molar-refractivity contribution is -0.122. The Morgan fingerprint density at radius 2 is 1.97 bits per heavy atom. The lowest BCUT2D eigenvalue weighted by Gasteiger charge is -2.20. The maximum atomic E-state index is 13.4. The molecule has 1 unspecified atom stereocenters. The largest absolute Gasteiger partial charge is 0.487 e. The molecule has 2 aromatic carbocycles. The molecule has 2 aromatic rings. The molecule has 156 valence electrons. The highest BCUT2D eigenvalue weighted by molar-refractivity contribution is 8.14. The highest BCUT2D eigenvalue weighted by Gasteiger charge is 2.30. The predicted octanol–water partition coefficient (Wildman–Crippen LogP) is 4.93. The van der Waals surface area contributed by atoms with Crippen molar-refractivity contribution < 1.29 is 19.0 Å². The molecule has 1 heterocycles. The molecule has 0 aromatic heterocycles. The van der Waals surface area contributed by atoms with Gasteiger partial charge in [-0.15, -0.1) is 11.8 Å². The van der Waals surface area contributed by atoms with Crippen LogP contribution < -0.4 is 10.1 Å². The van der Waals surface area contributed by atoms with E-state index in [1.54, 1.807) is 23.9 Å². The van der Waals surface area contributed by atoms with Crippen molar-refractivity contribution in [1.82, 2.24) is 0 Å². The molecule has 0 radical (unpaired) electrons. The number of anilines is 1. The first-order valence-electron chi connectivity index (χ1n) is 9.34. The Morgan fingerprint density at radius 3 is 2.66 bits per heavy atom. The summed E-state index contributed by atoms with van der Waals surface area (Å²) >= 11 is 1.76. The van der Waals surface area contributed by atoms with Gasteiger partial charge < -0.3 is 15.2 Å². The SMILES string of the molecule is Cc1ccc(OCC2=NC(C)(CCNc3cc(F)ccc3C)CS2)cc1.O=CO. The predicted molar refractivity (Wildman–Crippen MR) is 118 cm³/mol. The minimum atomic E-state index is -0.250. The van der Waals surface area contributed by atoms with Crippen molar-refractivity contribution in [2.75, 3.05) is 24.2 Å². The van der Waals surface area contributed by atoms with Gasteiger partial charge in [0.15, 0.2) is 0 Å². The van der Waals surface area contributed by atoms with Crippen LogP contribution in [0, 0.1) is 19.7 Å². The summed E-state index contributed by atoms with van der Waals surface area (Å²) < 4.78 is 19.2. The van der Waals surface area contributed by atoms with Crippen LogP contribution in [0.15, 0.2) is 47.5 Å². The van der Waals surface area contributed by atoms with Gasteiger partial charge in [-0.1, -0.05) is 23.8 Å². The van der Waals surface area contributed by atoms with Crippen LogP contribution in [0.3, 0.4) is 0 Å². The standard InChI is InChI=1S/C21H25FN2OS.CH2O2/c1-15-4-8-18(9-5-15)25-13-20-24-21(3,14-26-20)10-11-23-19-12-17(22)7-6-16(19)2;2-1-3/h4-9,12,23H,10-11,13-14H2,1-3H3;1H,(H,2,3). The normalized spacial score (nSPS) is 17.7. The molecule has 5 nitrogen and oxygen atoms in total. The van der Waals surface area contributed by atoms with Crippen molar-refractivity contribution in [3.05, 3.63) is 59.4 Å².